The summed E-state index contributed by atoms with van der Waals surface area (Å²) < 4.78 is 2.58. The van der Waals surface area contributed by atoms with E-state index >= 15 is 0 Å². The quantitative estimate of drug-likeness (QED) is 0.470. The molecule has 0 spiro atoms. The predicted octanol–water partition coefficient (Wildman–Crippen LogP) is 5.21. The summed E-state index contributed by atoms with van der Waals surface area (Å²) in [5, 5.41) is 3.56. The molecular formula is C27H40N4. The number of allylic oxidation sites excluding steroid dienone is 1. The second kappa shape index (κ2) is 8.71. The van der Waals surface area contributed by atoms with E-state index in [-0.39, 0.29) is 0 Å². The number of nitrogens with zero attached hydrogens (tertiary/aromatic N) is 3. The van der Waals surface area contributed by atoms with Crippen molar-refractivity contribution in [3.63, 3.8) is 0 Å². The molecule has 1 saturated heterocycles. The number of rotatable bonds is 8. The van der Waals surface area contributed by atoms with Gasteiger partial charge in [-0.2, -0.15) is 0 Å². The van der Waals surface area contributed by atoms with Gasteiger partial charge in [0.15, 0.2) is 0 Å². The van der Waals surface area contributed by atoms with Crippen LogP contribution >= 0.6 is 0 Å². The van der Waals surface area contributed by atoms with Crippen LogP contribution in [0.25, 0.3) is 11.0 Å². The lowest BCUT2D eigenvalue weighted by atomic mass is 9.49. The Morgan fingerprint density at radius 2 is 1.94 bits per heavy atom. The molecule has 2 atom stereocenters. The Kier molecular flexibility index (Phi) is 5.96. The average molecular weight is 421 g/mol. The van der Waals surface area contributed by atoms with Gasteiger partial charge < -0.3 is 9.88 Å². The van der Waals surface area contributed by atoms with Crippen molar-refractivity contribution in [3.05, 3.63) is 41.7 Å². The largest absolute Gasteiger partial charge is 0.325 e. The molecule has 168 valence electrons. The number of likely N-dealkylation sites (tertiary alicyclic amines) is 1. The first kappa shape index (κ1) is 21.2. The Labute approximate surface area is 188 Å². The first-order chi connectivity index (χ1) is 15.1. The summed E-state index contributed by atoms with van der Waals surface area (Å²) in [6.45, 7) is 12.9. The molecule has 2 unspecified atom stereocenters. The molecule has 2 heterocycles. The predicted molar refractivity (Wildman–Crippen MR) is 129 cm³/mol. The van der Waals surface area contributed by atoms with Crippen LogP contribution in [0.4, 0.5) is 0 Å². The maximum absolute atomic E-state index is 5.03. The third-order valence-electron chi connectivity index (χ3n) is 8.53. The highest BCUT2D eigenvalue weighted by Crippen LogP contribution is 2.59. The fourth-order valence-corrected chi connectivity index (χ4v) is 6.43. The smallest absolute Gasteiger partial charge is 0.111 e. The lowest BCUT2D eigenvalue weighted by Crippen LogP contribution is -2.50. The SMILES string of the molecule is CCCNCCc1nc2ccccc2n1C1CCN(CC2=CCC3CC2C3(C)C)CC1. The van der Waals surface area contributed by atoms with E-state index in [9.17, 15) is 0 Å². The molecule has 2 bridgehead atoms. The standard InChI is InChI=1S/C27H40N4/c1-4-14-28-15-11-26-29-24-7-5-6-8-25(24)31(26)22-12-16-30(17-13-22)19-20-9-10-21-18-23(20)27(21,2)3/h5-9,21-23,28H,4,10-19H2,1-3H3. The number of fused-ring (bicyclic) bond motifs is 2. The summed E-state index contributed by atoms with van der Waals surface area (Å²) in [6.07, 6.45) is 10.0. The topological polar surface area (TPSA) is 33.1 Å². The van der Waals surface area contributed by atoms with Gasteiger partial charge in [-0.05, 0) is 68.0 Å². The van der Waals surface area contributed by atoms with Crippen molar-refractivity contribution in [2.75, 3.05) is 32.7 Å². The van der Waals surface area contributed by atoms with E-state index in [0.717, 1.165) is 36.9 Å². The number of hydrogen-bond acceptors (Lipinski definition) is 3. The number of para-hydroxylation sites is 2. The number of nitrogens with one attached hydrogen (secondary N) is 1. The van der Waals surface area contributed by atoms with Gasteiger partial charge in [0, 0.05) is 38.6 Å². The van der Waals surface area contributed by atoms with Crippen molar-refractivity contribution in [2.24, 2.45) is 17.3 Å². The maximum atomic E-state index is 5.03. The Balaban J connectivity index is 1.25. The molecule has 4 aliphatic rings. The first-order valence-electron chi connectivity index (χ1n) is 12.7. The highest BCUT2D eigenvalue weighted by Gasteiger charge is 2.51. The lowest BCUT2D eigenvalue weighted by Gasteiger charge is -2.57. The Hall–Kier alpha value is -1.65. The van der Waals surface area contributed by atoms with Crippen LogP contribution in [0.3, 0.4) is 0 Å². The first-order valence-corrected chi connectivity index (χ1v) is 12.7. The molecule has 4 nitrogen and oxygen atoms in total. The third-order valence-corrected chi connectivity index (χ3v) is 8.53. The van der Waals surface area contributed by atoms with Crippen molar-refractivity contribution in [1.29, 1.82) is 0 Å². The molecule has 1 aliphatic heterocycles. The number of aromatic nitrogens is 2. The zero-order valence-electron chi connectivity index (χ0n) is 19.7. The monoisotopic (exact) mass is 420 g/mol. The van der Waals surface area contributed by atoms with Crippen molar-refractivity contribution in [1.82, 2.24) is 19.8 Å². The molecule has 3 aliphatic carbocycles. The van der Waals surface area contributed by atoms with E-state index in [4.69, 9.17) is 4.98 Å². The van der Waals surface area contributed by atoms with Gasteiger partial charge in [0.25, 0.3) is 0 Å². The summed E-state index contributed by atoms with van der Waals surface area (Å²) in [7, 11) is 0. The zero-order valence-corrected chi connectivity index (χ0v) is 19.7. The van der Waals surface area contributed by atoms with Gasteiger partial charge >= 0.3 is 0 Å². The molecule has 1 N–H and O–H groups in total. The van der Waals surface area contributed by atoms with Crippen LogP contribution in [-0.4, -0.2) is 47.2 Å². The molecule has 31 heavy (non-hydrogen) atoms. The van der Waals surface area contributed by atoms with Crippen LogP contribution in [0.5, 0.6) is 0 Å². The summed E-state index contributed by atoms with van der Waals surface area (Å²) in [5.41, 5.74) is 4.76. The third kappa shape index (κ3) is 3.98. The van der Waals surface area contributed by atoms with Crippen molar-refractivity contribution < 1.29 is 0 Å². The molecule has 0 amide bonds. The molecule has 1 saturated carbocycles. The van der Waals surface area contributed by atoms with E-state index in [1.807, 2.05) is 0 Å². The van der Waals surface area contributed by atoms with Crippen LogP contribution in [-0.2, 0) is 6.42 Å². The van der Waals surface area contributed by atoms with E-state index in [1.165, 1.54) is 63.1 Å². The van der Waals surface area contributed by atoms with Gasteiger partial charge in [0.05, 0.1) is 11.0 Å². The average Bonchev–Trinajstić information content (AvgIpc) is 3.15. The van der Waals surface area contributed by atoms with Gasteiger partial charge in [-0.1, -0.05) is 44.6 Å². The zero-order chi connectivity index (χ0) is 21.4. The van der Waals surface area contributed by atoms with E-state index in [1.54, 1.807) is 5.57 Å². The van der Waals surface area contributed by atoms with E-state index in [0.29, 0.717) is 11.5 Å². The summed E-state index contributed by atoms with van der Waals surface area (Å²) >= 11 is 0. The Morgan fingerprint density at radius 1 is 1.13 bits per heavy atom. The molecule has 6 rings (SSSR count). The summed E-state index contributed by atoms with van der Waals surface area (Å²) in [6, 6.07) is 9.30. The number of imidazole rings is 1. The minimum Gasteiger partial charge on any atom is -0.325 e. The summed E-state index contributed by atoms with van der Waals surface area (Å²) in [5.74, 6) is 3.04. The lowest BCUT2D eigenvalue weighted by molar-refractivity contribution is -0.0114. The number of piperidine rings is 1. The van der Waals surface area contributed by atoms with Gasteiger partial charge in [0.1, 0.15) is 5.82 Å². The molecule has 2 fully saturated rings. The Morgan fingerprint density at radius 3 is 2.68 bits per heavy atom. The normalized spacial score (nSPS) is 26.1. The molecule has 4 heteroatoms. The van der Waals surface area contributed by atoms with Gasteiger partial charge in [-0.15, -0.1) is 0 Å². The minimum atomic E-state index is 0.541. The second-order valence-electron chi connectivity index (χ2n) is 10.7. The second-order valence-corrected chi connectivity index (χ2v) is 10.7. The van der Waals surface area contributed by atoms with Gasteiger partial charge in [-0.25, -0.2) is 4.98 Å². The van der Waals surface area contributed by atoms with Crippen LogP contribution in [0, 0.1) is 17.3 Å². The van der Waals surface area contributed by atoms with Crippen molar-refractivity contribution in [2.45, 2.75) is 65.3 Å². The van der Waals surface area contributed by atoms with Crippen LogP contribution in [0.2, 0.25) is 0 Å². The summed E-state index contributed by atoms with van der Waals surface area (Å²) in [4.78, 5) is 7.75. The Bertz CT molecular complexity index is 932. The van der Waals surface area contributed by atoms with Crippen LogP contribution in [0.15, 0.2) is 35.9 Å². The molecular weight excluding hydrogens is 380 g/mol. The van der Waals surface area contributed by atoms with Crippen LogP contribution < -0.4 is 5.32 Å². The minimum absolute atomic E-state index is 0.541. The van der Waals surface area contributed by atoms with Crippen LogP contribution in [0.1, 0.15) is 64.7 Å². The molecule has 0 radical (unpaired) electrons. The van der Waals surface area contributed by atoms with E-state index in [2.05, 4.69) is 65.9 Å². The number of benzene rings is 1. The fraction of sp³-hybridized carbons (Fsp3) is 0.667. The molecule has 2 aromatic rings. The molecule has 1 aromatic heterocycles. The number of hydrogen-bond donors (Lipinski definition) is 1. The van der Waals surface area contributed by atoms with Gasteiger partial charge in [-0.3, -0.25) is 4.90 Å². The maximum Gasteiger partial charge on any atom is 0.111 e. The molecule has 1 aromatic carbocycles. The van der Waals surface area contributed by atoms with Crippen molar-refractivity contribution >= 4 is 11.0 Å². The van der Waals surface area contributed by atoms with E-state index < -0.39 is 0 Å². The van der Waals surface area contributed by atoms with Crippen molar-refractivity contribution in [3.8, 4) is 0 Å². The van der Waals surface area contributed by atoms with Gasteiger partial charge in [0.2, 0.25) is 0 Å². The highest BCUT2D eigenvalue weighted by molar-refractivity contribution is 5.76. The highest BCUT2D eigenvalue weighted by atomic mass is 15.2. The fourth-order valence-electron chi connectivity index (χ4n) is 6.43.